The number of nitrogens with zero attached hydrogens (tertiary/aromatic N) is 4. The maximum atomic E-state index is 11.5. The first kappa shape index (κ1) is 13.9. The Morgan fingerprint density at radius 3 is 2.58 bits per heavy atom. The van der Waals surface area contributed by atoms with E-state index in [2.05, 4.69) is 15.5 Å². The first-order chi connectivity index (χ1) is 8.76. The van der Waals surface area contributed by atoms with Crippen LogP contribution in [0, 0.1) is 5.41 Å². The van der Waals surface area contributed by atoms with Crippen LogP contribution in [-0.2, 0) is 21.2 Å². The van der Waals surface area contributed by atoms with Crippen LogP contribution in [0.1, 0.15) is 37.3 Å². The molecule has 1 atom stereocenters. The van der Waals surface area contributed by atoms with Crippen molar-refractivity contribution in [2.75, 3.05) is 6.26 Å². The van der Waals surface area contributed by atoms with Gasteiger partial charge in [0.25, 0.3) is 0 Å². The molecule has 1 aliphatic carbocycles. The lowest BCUT2D eigenvalue weighted by molar-refractivity contribution is -0.156. The number of hydrogen-bond acceptors (Lipinski definition) is 6. The molecule has 19 heavy (non-hydrogen) atoms. The molecule has 0 amide bonds. The summed E-state index contributed by atoms with van der Waals surface area (Å²) < 4.78 is 24.4. The molecule has 106 valence electrons. The minimum Gasteiger partial charge on any atom is -0.481 e. The fraction of sp³-hybridized carbons (Fsp3) is 0.800. The highest BCUT2D eigenvalue weighted by molar-refractivity contribution is 7.90. The summed E-state index contributed by atoms with van der Waals surface area (Å²) in [6.07, 6.45) is 3.09. The SMILES string of the molecule is CC(c1nnnn1CC1(C(=O)O)CCC1)S(C)(=O)=O. The fourth-order valence-corrected chi connectivity index (χ4v) is 2.69. The maximum Gasteiger partial charge on any atom is 0.311 e. The highest BCUT2D eigenvalue weighted by Crippen LogP contribution is 2.42. The topological polar surface area (TPSA) is 115 Å². The number of hydrogen-bond donors (Lipinski definition) is 1. The second-order valence-electron chi connectivity index (χ2n) is 5.11. The number of rotatable bonds is 5. The van der Waals surface area contributed by atoms with E-state index < -0.39 is 26.5 Å². The van der Waals surface area contributed by atoms with Crippen molar-refractivity contribution in [1.82, 2.24) is 20.2 Å². The van der Waals surface area contributed by atoms with Crippen LogP contribution in [0.2, 0.25) is 0 Å². The van der Waals surface area contributed by atoms with Gasteiger partial charge in [0.1, 0.15) is 5.25 Å². The predicted molar refractivity (Wildman–Crippen MR) is 65.0 cm³/mol. The Morgan fingerprint density at radius 2 is 2.16 bits per heavy atom. The molecular weight excluding hydrogens is 272 g/mol. The van der Waals surface area contributed by atoms with Gasteiger partial charge < -0.3 is 5.11 Å². The summed E-state index contributed by atoms with van der Waals surface area (Å²) >= 11 is 0. The number of sulfone groups is 1. The molecule has 1 aliphatic rings. The van der Waals surface area contributed by atoms with Crippen molar-refractivity contribution < 1.29 is 18.3 Å². The molecule has 8 nitrogen and oxygen atoms in total. The molecule has 0 spiro atoms. The molecule has 1 unspecified atom stereocenters. The van der Waals surface area contributed by atoms with Crippen molar-refractivity contribution in [3.63, 3.8) is 0 Å². The Morgan fingerprint density at radius 1 is 1.53 bits per heavy atom. The van der Waals surface area contributed by atoms with Crippen LogP contribution >= 0.6 is 0 Å². The molecule has 2 rings (SSSR count). The van der Waals surface area contributed by atoms with Gasteiger partial charge in [-0.3, -0.25) is 4.79 Å². The molecule has 0 saturated heterocycles. The molecule has 0 aromatic carbocycles. The summed E-state index contributed by atoms with van der Waals surface area (Å²) in [5.74, 6) is -0.692. The van der Waals surface area contributed by atoms with Crippen molar-refractivity contribution in [3.8, 4) is 0 Å². The van der Waals surface area contributed by atoms with Crippen LogP contribution in [-0.4, -0.2) is 46.0 Å². The van der Waals surface area contributed by atoms with E-state index in [1.165, 1.54) is 11.6 Å². The predicted octanol–water partition coefficient (Wildman–Crippen LogP) is 0.0336. The van der Waals surface area contributed by atoms with Crippen LogP contribution in [0.5, 0.6) is 0 Å². The smallest absolute Gasteiger partial charge is 0.311 e. The third-order valence-electron chi connectivity index (χ3n) is 3.78. The van der Waals surface area contributed by atoms with E-state index in [4.69, 9.17) is 0 Å². The quantitative estimate of drug-likeness (QED) is 0.812. The van der Waals surface area contributed by atoms with Crippen molar-refractivity contribution in [2.24, 2.45) is 5.41 Å². The molecule has 1 aromatic heterocycles. The van der Waals surface area contributed by atoms with Gasteiger partial charge in [0.2, 0.25) is 0 Å². The third-order valence-corrected chi connectivity index (χ3v) is 5.28. The fourth-order valence-electron chi connectivity index (χ4n) is 2.14. The average Bonchev–Trinajstić information content (AvgIpc) is 2.68. The molecule has 1 N–H and O–H groups in total. The van der Waals surface area contributed by atoms with E-state index >= 15 is 0 Å². The van der Waals surface area contributed by atoms with Crippen LogP contribution < -0.4 is 0 Å². The summed E-state index contributed by atoms with van der Waals surface area (Å²) in [6, 6.07) is 0. The number of carboxylic acids is 1. The lowest BCUT2D eigenvalue weighted by Crippen LogP contribution is -2.42. The zero-order valence-corrected chi connectivity index (χ0v) is 11.6. The van der Waals surface area contributed by atoms with E-state index in [9.17, 15) is 18.3 Å². The highest BCUT2D eigenvalue weighted by atomic mass is 32.2. The standard InChI is InChI=1S/C10H16N4O4S/c1-7(19(2,17)18)8-11-12-13-14(8)6-10(9(15)16)4-3-5-10/h7H,3-6H2,1-2H3,(H,15,16). The van der Waals surface area contributed by atoms with Crippen LogP contribution in [0.3, 0.4) is 0 Å². The van der Waals surface area contributed by atoms with Crippen LogP contribution in [0.4, 0.5) is 0 Å². The van der Waals surface area contributed by atoms with Gasteiger partial charge in [-0.15, -0.1) is 5.10 Å². The summed E-state index contributed by atoms with van der Waals surface area (Å²) in [4.78, 5) is 11.3. The molecule has 9 heteroatoms. The molecule has 0 bridgehead atoms. The van der Waals surface area contributed by atoms with Gasteiger partial charge >= 0.3 is 5.97 Å². The van der Waals surface area contributed by atoms with E-state index in [0.29, 0.717) is 12.8 Å². The Labute approximate surface area is 110 Å². The number of carboxylic acid groups (broad SMARTS) is 1. The molecule has 1 fully saturated rings. The van der Waals surface area contributed by atoms with Gasteiger partial charge in [-0.25, -0.2) is 13.1 Å². The number of aliphatic carboxylic acids is 1. The Kier molecular flexibility index (Phi) is 3.33. The molecule has 0 radical (unpaired) electrons. The minimum absolute atomic E-state index is 0.116. The van der Waals surface area contributed by atoms with Gasteiger partial charge in [0.15, 0.2) is 15.7 Å². The zero-order chi connectivity index (χ0) is 14.3. The second-order valence-corrected chi connectivity index (χ2v) is 7.47. The summed E-state index contributed by atoms with van der Waals surface area (Å²) in [7, 11) is -3.32. The Bertz CT molecular complexity index is 590. The maximum absolute atomic E-state index is 11.5. The highest BCUT2D eigenvalue weighted by Gasteiger charge is 2.45. The lowest BCUT2D eigenvalue weighted by Gasteiger charge is -2.37. The normalized spacial score (nSPS) is 19.7. The van der Waals surface area contributed by atoms with Gasteiger partial charge in [0, 0.05) is 6.26 Å². The molecular formula is C10H16N4O4S. The van der Waals surface area contributed by atoms with Gasteiger partial charge in [-0.05, 0) is 30.2 Å². The second kappa shape index (κ2) is 4.55. The van der Waals surface area contributed by atoms with Crippen molar-refractivity contribution >= 4 is 15.8 Å². The average molecular weight is 288 g/mol. The monoisotopic (exact) mass is 288 g/mol. The van der Waals surface area contributed by atoms with Crippen molar-refractivity contribution in [2.45, 2.75) is 38.0 Å². The van der Waals surface area contributed by atoms with E-state index in [1.54, 1.807) is 0 Å². The van der Waals surface area contributed by atoms with Gasteiger partial charge in [0.05, 0.1) is 12.0 Å². The number of carbonyl (C=O) groups is 1. The molecule has 0 aliphatic heterocycles. The summed E-state index contributed by atoms with van der Waals surface area (Å²) in [5, 5.41) is 19.3. The van der Waals surface area contributed by atoms with Crippen LogP contribution in [0.25, 0.3) is 0 Å². The third kappa shape index (κ3) is 2.46. The minimum atomic E-state index is -3.32. The zero-order valence-electron chi connectivity index (χ0n) is 10.8. The summed E-state index contributed by atoms with van der Waals surface area (Å²) in [5.41, 5.74) is -0.860. The van der Waals surface area contributed by atoms with Gasteiger partial charge in [-0.2, -0.15) is 0 Å². The first-order valence-electron chi connectivity index (χ1n) is 5.95. The van der Waals surface area contributed by atoms with Crippen molar-refractivity contribution in [1.29, 1.82) is 0 Å². The Balaban J connectivity index is 2.28. The van der Waals surface area contributed by atoms with E-state index in [1.807, 2.05) is 0 Å². The first-order valence-corrected chi connectivity index (χ1v) is 7.90. The summed E-state index contributed by atoms with van der Waals surface area (Å²) in [6.45, 7) is 1.61. The van der Waals surface area contributed by atoms with Crippen molar-refractivity contribution in [3.05, 3.63) is 5.82 Å². The van der Waals surface area contributed by atoms with E-state index in [0.717, 1.165) is 12.7 Å². The molecule has 1 heterocycles. The molecule has 1 saturated carbocycles. The lowest BCUT2D eigenvalue weighted by atomic mass is 9.69. The Hall–Kier alpha value is -1.51. The molecule has 1 aromatic rings. The largest absolute Gasteiger partial charge is 0.481 e. The van der Waals surface area contributed by atoms with Gasteiger partial charge in [-0.1, -0.05) is 6.42 Å². The number of aromatic nitrogens is 4. The van der Waals surface area contributed by atoms with Crippen LogP contribution in [0.15, 0.2) is 0 Å². The van der Waals surface area contributed by atoms with E-state index in [-0.39, 0.29) is 12.4 Å². The number of tetrazole rings is 1.